The third-order valence-electron chi connectivity index (χ3n) is 4.52. The maximum Gasteiger partial charge on any atom is 0.156 e. The van der Waals surface area contributed by atoms with E-state index in [9.17, 15) is 4.55 Å². The van der Waals surface area contributed by atoms with Crippen LogP contribution in [0.25, 0.3) is 6.08 Å². The normalized spacial score (nSPS) is 23.9. The van der Waals surface area contributed by atoms with Crippen LogP contribution in [-0.2, 0) is 11.2 Å². The van der Waals surface area contributed by atoms with Gasteiger partial charge in [0.2, 0.25) is 0 Å². The monoisotopic (exact) mass is 368 g/mol. The van der Waals surface area contributed by atoms with E-state index in [2.05, 4.69) is 31.2 Å². The average Bonchev–Trinajstić information content (AvgIpc) is 2.62. The van der Waals surface area contributed by atoms with Gasteiger partial charge >= 0.3 is 0 Å². The molecule has 3 rings (SSSR count). The summed E-state index contributed by atoms with van der Waals surface area (Å²) in [4.78, 5) is 0.859. The molecule has 0 aromatic heterocycles. The van der Waals surface area contributed by atoms with E-state index in [4.69, 9.17) is 11.6 Å². The predicted octanol–water partition coefficient (Wildman–Crippen LogP) is 5.97. The molecule has 0 aliphatic heterocycles. The Kier molecular flexibility index (Phi) is 5.53. The molecule has 0 heterocycles. The van der Waals surface area contributed by atoms with Crippen LogP contribution in [0.1, 0.15) is 18.1 Å². The maximum atomic E-state index is 13.3. The third kappa shape index (κ3) is 4.09. The molecule has 0 amide bonds. The van der Waals surface area contributed by atoms with Crippen LogP contribution in [0.3, 0.4) is 0 Å². The molecule has 0 radical (unpaired) electrons. The molecule has 0 N–H and O–H groups in total. The molecule has 25 heavy (non-hydrogen) atoms. The second-order valence-corrected chi connectivity index (χ2v) is 8.77. The Morgan fingerprint density at radius 3 is 2.40 bits per heavy atom. The molecule has 3 atom stereocenters. The summed E-state index contributed by atoms with van der Waals surface area (Å²) in [5.74, 6) is 0.0512. The Morgan fingerprint density at radius 2 is 1.72 bits per heavy atom. The van der Waals surface area contributed by atoms with Crippen LogP contribution in [0, 0.1) is 12.8 Å². The van der Waals surface area contributed by atoms with Crippen molar-refractivity contribution in [3.63, 3.8) is 0 Å². The summed E-state index contributed by atoms with van der Waals surface area (Å²) in [5, 5.41) is 0.725. The van der Waals surface area contributed by atoms with Crippen molar-refractivity contribution in [1.29, 1.82) is 0 Å². The van der Waals surface area contributed by atoms with Gasteiger partial charge in [-0.25, -0.2) is 0 Å². The van der Waals surface area contributed by atoms with Crippen LogP contribution in [-0.4, -0.2) is 9.30 Å². The molecular formula is C22H21ClOS. The highest BCUT2D eigenvalue weighted by Crippen LogP contribution is 2.38. The van der Waals surface area contributed by atoms with E-state index in [1.165, 1.54) is 5.56 Å². The zero-order valence-electron chi connectivity index (χ0n) is 14.4. The fourth-order valence-electron chi connectivity index (χ4n) is 2.88. The lowest BCUT2D eigenvalue weighted by molar-refractivity contribution is 0.534. The number of aryl methyl sites for hydroxylation is 1. The standard InChI is InChI=1S/C22H21ClOS/c1-17-6-14-21(15-7-17)25(24)22(2)16-4-3-5-19(22)11-8-18-9-12-20(23)13-10-18/h3-16,19H,1-2H3/b11-8+. The van der Waals surface area contributed by atoms with Crippen molar-refractivity contribution in [2.75, 3.05) is 0 Å². The Balaban J connectivity index is 1.86. The van der Waals surface area contributed by atoms with Gasteiger partial charge in [-0.3, -0.25) is 0 Å². The summed E-state index contributed by atoms with van der Waals surface area (Å²) in [6.07, 6.45) is 12.4. The van der Waals surface area contributed by atoms with Crippen molar-refractivity contribution in [3.8, 4) is 0 Å². The summed E-state index contributed by atoms with van der Waals surface area (Å²) in [5.41, 5.74) is 2.25. The van der Waals surface area contributed by atoms with E-state index in [1.807, 2.05) is 67.6 Å². The Bertz CT molecular complexity index is 805. The average molecular weight is 369 g/mol. The van der Waals surface area contributed by atoms with Crippen molar-refractivity contribution >= 4 is 28.9 Å². The zero-order chi connectivity index (χ0) is 17.9. The number of hydrogen-bond acceptors (Lipinski definition) is 1. The summed E-state index contributed by atoms with van der Waals surface area (Å²) < 4.78 is 12.8. The van der Waals surface area contributed by atoms with Gasteiger partial charge in [-0.1, -0.05) is 71.8 Å². The van der Waals surface area contributed by atoms with E-state index >= 15 is 0 Å². The highest BCUT2D eigenvalue weighted by molar-refractivity contribution is 7.93. The first kappa shape index (κ1) is 18.1. The van der Waals surface area contributed by atoms with Crippen LogP contribution in [0.15, 0.2) is 83.8 Å². The van der Waals surface area contributed by atoms with Crippen molar-refractivity contribution < 1.29 is 4.55 Å². The topological polar surface area (TPSA) is 23.1 Å². The number of benzene rings is 2. The Hall–Kier alpha value is -1.74. The molecule has 1 nitrogen and oxygen atoms in total. The van der Waals surface area contributed by atoms with E-state index in [0.29, 0.717) is 0 Å². The molecule has 2 aromatic rings. The Labute approximate surface area is 157 Å². The molecule has 2 aromatic carbocycles. The quantitative estimate of drug-likeness (QED) is 0.609. The maximum absolute atomic E-state index is 13.3. The van der Waals surface area contributed by atoms with E-state index < -0.39 is 15.9 Å². The highest BCUT2D eigenvalue weighted by atomic mass is 35.5. The molecule has 0 fully saturated rings. The third-order valence-corrected chi connectivity index (χ3v) is 6.68. The molecule has 0 saturated carbocycles. The van der Waals surface area contributed by atoms with Gasteiger partial charge in [-0.2, -0.15) is 0 Å². The van der Waals surface area contributed by atoms with Crippen LogP contribution in [0.5, 0.6) is 0 Å². The zero-order valence-corrected chi connectivity index (χ0v) is 15.9. The van der Waals surface area contributed by atoms with E-state index in [0.717, 1.165) is 15.5 Å². The van der Waals surface area contributed by atoms with Gasteiger partial charge in [0.1, 0.15) is 0 Å². The minimum atomic E-state index is -1.15. The largest absolute Gasteiger partial charge is 0.611 e. The number of hydrogen-bond donors (Lipinski definition) is 0. The van der Waals surface area contributed by atoms with Gasteiger partial charge in [0.05, 0.1) is 5.92 Å². The van der Waals surface area contributed by atoms with Gasteiger partial charge < -0.3 is 4.55 Å². The first-order valence-corrected chi connectivity index (χ1v) is 9.80. The molecule has 0 saturated heterocycles. The van der Waals surface area contributed by atoms with Crippen molar-refractivity contribution in [2.24, 2.45) is 5.92 Å². The van der Waals surface area contributed by atoms with Gasteiger partial charge in [0, 0.05) is 5.02 Å². The molecule has 0 spiro atoms. The first-order valence-electron chi connectivity index (χ1n) is 8.27. The summed E-state index contributed by atoms with van der Waals surface area (Å²) in [6.45, 7) is 4.09. The van der Waals surface area contributed by atoms with E-state index in [-0.39, 0.29) is 5.92 Å². The number of allylic oxidation sites excluding steroid dienone is 4. The smallest absolute Gasteiger partial charge is 0.156 e. The van der Waals surface area contributed by atoms with Crippen molar-refractivity contribution in [2.45, 2.75) is 23.5 Å². The second kappa shape index (κ2) is 7.65. The highest BCUT2D eigenvalue weighted by Gasteiger charge is 2.42. The fourth-order valence-corrected chi connectivity index (χ4v) is 4.50. The molecular weight excluding hydrogens is 348 g/mol. The van der Waals surface area contributed by atoms with Gasteiger partial charge in [0.25, 0.3) is 0 Å². The lowest BCUT2D eigenvalue weighted by atomic mass is 9.88. The predicted molar refractivity (Wildman–Crippen MR) is 108 cm³/mol. The lowest BCUT2D eigenvalue weighted by Gasteiger charge is -2.35. The van der Waals surface area contributed by atoms with Crippen LogP contribution >= 0.6 is 11.6 Å². The fraction of sp³-hybridized carbons (Fsp3) is 0.182. The van der Waals surface area contributed by atoms with Crippen LogP contribution < -0.4 is 0 Å². The van der Waals surface area contributed by atoms with Crippen LogP contribution in [0.4, 0.5) is 0 Å². The summed E-state index contributed by atoms with van der Waals surface area (Å²) in [6, 6.07) is 15.7. The minimum absolute atomic E-state index is 0.0512. The summed E-state index contributed by atoms with van der Waals surface area (Å²) in [7, 11) is 0. The first-order chi connectivity index (χ1) is 12.0. The summed E-state index contributed by atoms with van der Waals surface area (Å²) >= 11 is 4.80. The molecule has 0 bridgehead atoms. The molecule has 3 heteroatoms. The lowest BCUT2D eigenvalue weighted by Crippen LogP contribution is -2.40. The van der Waals surface area contributed by atoms with Gasteiger partial charge in [-0.15, -0.1) is 0 Å². The number of rotatable bonds is 4. The molecule has 1 aliphatic carbocycles. The van der Waals surface area contributed by atoms with Crippen molar-refractivity contribution in [1.82, 2.24) is 0 Å². The second-order valence-electron chi connectivity index (χ2n) is 6.45. The SMILES string of the molecule is Cc1ccc([S+]([O-])C2(C)C=CC=CC2/C=C/c2ccc(Cl)cc2)cc1. The van der Waals surface area contributed by atoms with E-state index in [1.54, 1.807) is 0 Å². The number of halogens is 1. The van der Waals surface area contributed by atoms with Crippen molar-refractivity contribution in [3.05, 3.63) is 95.1 Å². The molecule has 128 valence electrons. The molecule has 1 aliphatic rings. The van der Waals surface area contributed by atoms with Gasteiger partial charge in [-0.05, 0) is 60.9 Å². The molecule has 3 unspecified atom stereocenters. The van der Waals surface area contributed by atoms with Crippen LogP contribution in [0.2, 0.25) is 5.02 Å². The Morgan fingerprint density at radius 1 is 1.04 bits per heavy atom. The minimum Gasteiger partial charge on any atom is -0.611 e. The van der Waals surface area contributed by atoms with Gasteiger partial charge in [0.15, 0.2) is 9.64 Å².